The SMILES string of the molecule is CNCCC(O)C(O)c1ccc(CCl)cc1. The van der Waals surface area contributed by atoms with Gasteiger partial charge >= 0.3 is 0 Å². The lowest BCUT2D eigenvalue weighted by atomic mass is 10.0. The van der Waals surface area contributed by atoms with Gasteiger partial charge in [-0.3, -0.25) is 0 Å². The first-order chi connectivity index (χ1) is 7.69. The molecular weight excluding hydrogens is 226 g/mol. The van der Waals surface area contributed by atoms with Gasteiger partial charge in [-0.15, -0.1) is 11.6 Å². The number of hydrogen-bond acceptors (Lipinski definition) is 3. The minimum Gasteiger partial charge on any atom is -0.390 e. The van der Waals surface area contributed by atoms with Crippen LogP contribution in [0.1, 0.15) is 23.7 Å². The first-order valence-corrected chi connectivity index (χ1v) is 5.88. The Labute approximate surface area is 101 Å². The molecule has 0 saturated heterocycles. The molecule has 2 atom stereocenters. The Morgan fingerprint density at radius 3 is 2.38 bits per heavy atom. The summed E-state index contributed by atoms with van der Waals surface area (Å²) in [7, 11) is 1.81. The smallest absolute Gasteiger partial charge is 0.105 e. The standard InChI is InChI=1S/C12H18ClNO2/c1-14-7-6-11(15)12(16)10-4-2-9(8-13)3-5-10/h2-5,11-12,14-16H,6-8H2,1H3. The predicted molar refractivity (Wildman–Crippen MR) is 65.5 cm³/mol. The van der Waals surface area contributed by atoms with Crippen molar-refractivity contribution in [2.24, 2.45) is 0 Å². The Hall–Kier alpha value is -0.610. The molecule has 0 aliphatic rings. The van der Waals surface area contributed by atoms with E-state index in [-0.39, 0.29) is 0 Å². The van der Waals surface area contributed by atoms with Gasteiger partial charge in [-0.25, -0.2) is 0 Å². The molecule has 0 saturated carbocycles. The highest BCUT2D eigenvalue weighted by Gasteiger charge is 2.17. The molecule has 1 aromatic carbocycles. The topological polar surface area (TPSA) is 52.5 Å². The van der Waals surface area contributed by atoms with Crippen molar-refractivity contribution >= 4 is 11.6 Å². The molecule has 0 amide bonds. The number of rotatable bonds is 6. The van der Waals surface area contributed by atoms with E-state index < -0.39 is 12.2 Å². The maximum absolute atomic E-state index is 9.87. The summed E-state index contributed by atoms with van der Waals surface area (Å²) in [5.74, 6) is 0.457. The lowest BCUT2D eigenvalue weighted by Gasteiger charge is -2.18. The molecule has 0 aromatic heterocycles. The molecule has 3 N–H and O–H groups in total. The fourth-order valence-electron chi connectivity index (χ4n) is 1.48. The van der Waals surface area contributed by atoms with Crippen molar-refractivity contribution < 1.29 is 10.2 Å². The van der Waals surface area contributed by atoms with E-state index in [4.69, 9.17) is 11.6 Å². The van der Waals surface area contributed by atoms with Crippen LogP contribution < -0.4 is 5.32 Å². The van der Waals surface area contributed by atoms with Gasteiger partial charge in [0.1, 0.15) is 6.10 Å². The molecule has 0 aliphatic heterocycles. The van der Waals surface area contributed by atoms with E-state index in [0.717, 1.165) is 11.1 Å². The van der Waals surface area contributed by atoms with Crippen LogP contribution in [0.3, 0.4) is 0 Å². The van der Waals surface area contributed by atoms with E-state index in [1.165, 1.54) is 0 Å². The van der Waals surface area contributed by atoms with E-state index in [0.29, 0.717) is 18.8 Å². The van der Waals surface area contributed by atoms with Gasteiger partial charge in [0, 0.05) is 5.88 Å². The van der Waals surface area contributed by atoms with Gasteiger partial charge in [-0.1, -0.05) is 24.3 Å². The molecule has 16 heavy (non-hydrogen) atoms. The zero-order valence-corrected chi connectivity index (χ0v) is 10.1. The molecule has 0 heterocycles. The van der Waals surface area contributed by atoms with Crippen molar-refractivity contribution in [3.63, 3.8) is 0 Å². The van der Waals surface area contributed by atoms with E-state index in [9.17, 15) is 10.2 Å². The van der Waals surface area contributed by atoms with Crippen molar-refractivity contribution in [1.29, 1.82) is 0 Å². The largest absolute Gasteiger partial charge is 0.390 e. The summed E-state index contributed by atoms with van der Waals surface area (Å²) < 4.78 is 0. The van der Waals surface area contributed by atoms with E-state index in [2.05, 4.69) is 5.32 Å². The predicted octanol–water partition coefficient (Wildman–Crippen LogP) is 1.43. The third kappa shape index (κ3) is 3.76. The number of nitrogens with one attached hydrogen (secondary N) is 1. The van der Waals surface area contributed by atoms with E-state index in [1.54, 1.807) is 12.1 Å². The lowest BCUT2D eigenvalue weighted by molar-refractivity contribution is 0.0140. The Morgan fingerprint density at radius 1 is 1.25 bits per heavy atom. The van der Waals surface area contributed by atoms with Crippen LogP contribution in [0.5, 0.6) is 0 Å². The fraction of sp³-hybridized carbons (Fsp3) is 0.500. The van der Waals surface area contributed by atoms with Gasteiger partial charge < -0.3 is 15.5 Å². The minimum atomic E-state index is -0.835. The Kier molecular flexibility index (Phi) is 5.77. The third-order valence-electron chi connectivity index (χ3n) is 2.53. The molecule has 2 unspecified atom stereocenters. The molecule has 1 rings (SSSR count). The summed E-state index contributed by atoms with van der Waals surface area (Å²) in [5, 5.41) is 22.5. The second-order valence-electron chi connectivity index (χ2n) is 3.78. The molecule has 0 aliphatic carbocycles. The Bertz CT molecular complexity index is 302. The average Bonchev–Trinajstić information content (AvgIpc) is 2.35. The highest BCUT2D eigenvalue weighted by molar-refractivity contribution is 6.17. The van der Waals surface area contributed by atoms with Crippen LogP contribution in [0.4, 0.5) is 0 Å². The Balaban J connectivity index is 2.60. The van der Waals surface area contributed by atoms with Crippen LogP contribution in [-0.4, -0.2) is 29.9 Å². The number of hydrogen-bond donors (Lipinski definition) is 3. The molecular formula is C12H18ClNO2. The lowest BCUT2D eigenvalue weighted by Crippen LogP contribution is -2.23. The number of halogens is 1. The second kappa shape index (κ2) is 6.86. The summed E-state index contributed by atoms with van der Waals surface area (Å²) >= 11 is 5.67. The monoisotopic (exact) mass is 243 g/mol. The summed E-state index contributed by atoms with van der Waals surface area (Å²) in [5.41, 5.74) is 1.72. The van der Waals surface area contributed by atoms with Crippen molar-refractivity contribution in [3.8, 4) is 0 Å². The number of alkyl halides is 1. The normalized spacial score (nSPS) is 14.8. The maximum Gasteiger partial charge on any atom is 0.105 e. The number of benzene rings is 1. The van der Waals surface area contributed by atoms with Gasteiger partial charge in [-0.05, 0) is 31.1 Å². The quantitative estimate of drug-likeness (QED) is 0.663. The van der Waals surface area contributed by atoms with Crippen LogP contribution in [0.15, 0.2) is 24.3 Å². The van der Waals surface area contributed by atoms with Gasteiger partial charge in [-0.2, -0.15) is 0 Å². The fourth-order valence-corrected chi connectivity index (χ4v) is 1.65. The second-order valence-corrected chi connectivity index (χ2v) is 4.05. The summed E-state index contributed by atoms with van der Waals surface area (Å²) in [4.78, 5) is 0. The van der Waals surface area contributed by atoms with Gasteiger partial charge in [0.05, 0.1) is 6.10 Å². The Morgan fingerprint density at radius 2 is 1.88 bits per heavy atom. The molecule has 90 valence electrons. The average molecular weight is 244 g/mol. The van der Waals surface area contributed by atoms with Gasteiger partial charge in [0.2, 0.25) is 0 Å². The molecule has 3 nitrogen and oxygen atoms in total. The molecule has 1 aromatic rings. The van der Waals surface area contributed by atoms with Crippen molar-refractivity contribution in [3.05, 3.63) is 35.4 Å². The van der Waals surface area contributed by atoms with Crippen molar-refractivity contribution in [2.75, 3.05) is 13.6 Å². The van der Waals surface area contributed by atoms with Crippen LogP contribution >= 0.6 is 11.6 Å². The van der Waals surface area contributed by atoms with Crippen LogP contribution in [-0.2, 0) is 5.88 Å². The van der Waals surface area contributed by atoms with Crippen LogP contribution in [0.2, 0.25) is 0 Å². The summed E-state index contributed by atoms with van der Waals surface area (Å²) in [6.45, 7) is 0.679. The van der Waals surface area contributed by atoms with Crippen LogP contribution in [0.25, 0.3) is 0 Å². The molecule has 0 spiro atoms. The highest BCUT2D eigenvalue weighted by atomic mass is 35.5. The van der Waals surface area contributed by atoms with E-state index in [1.807, 2.05) is 19.2 Å². The van der Waals surface area contributed by atoms with Gasteiger partial charge in [0.15, 0.2) is 0 Å². The van der Waals surface area contributed by atoms with Gasteiger partial charge in [0.25, 0.3) is 0 Å². The first kappa shape index (κ1) is 13.5. The zero-order valence-electron chi connectivity index (χ0n) is 9.36. The third-order valence-corrected chi connectivity index (χ3v) is 2.84. The van der Waals surface area contributed by atoms with Crippen molar-refractivity contribution in [1.82, 2.24) is 5.32 Å². The number of aliphatic hydroxyl groups is 2. The zero-order chi connectivity index (χ0) is 12.0. The molecule has 0 bridgehead atoms. The number of aliphatic hydroxyl groups excluding tert-OH is 2. The molecule has 4 heteroatoms. The molecule has 0 fully saturated rings. The maximum atomic E-state index is 9.87. The minimum absolute atomic E-state index is 0.457. The summed E-state index contributed by atoms with van der Waals surface area (Å²) in [6.07, 6.45) is -1.05. The van der Waals surface area contributed by atoms with Crippen LogP contribution in [0, 0.1) is 0 Å². The highest BCUT2D eigenvalue weighted by Crippen LogP contribution is 2.19. The van der Waals surface area contributed by atoms with Crippen molar-refractivity contribution in [2.45, 2.75) is 24.5 Å². The van der Waals surface area contributed by atoms with E-state index >= 15 is 0 Å². The molecule has 0 radical (unpaired) electrons. The summed E-state index contributed by atoms with van der Waals surface area (Å²) in [6, 6.07) is 7.31. The first-order valence-electron chi connectivity index (χ1n) is 5.34.